The van der Waals surface area contributed by atoms with Gasteiger partial charge in [-0.1, -0.05) is 90.5 Å². The molecular formula is C37H24N4O. The van der Waals surface area contributed by atoms with Crippen molar-refractivity contribution in [2.75, 3.05) is 0 Å². The summed E-state index contributed by atoms with van der Waals surface area (Å²) in [5, 5.41) is 3.16. The summed E-state index contributed by atoms with van der Waals surface area (Å²) < 4.78 is 6.51. The Labute approximate surface area is 242 Å². The van der Waals surface area contributed by atoms with Gasteiger partial charge in [-0.15, -0.1) is 0 Å². The Morgan fingerprint density at radius 3 is 1.90 bits per heavy atom. The number of furan rings is 1. The van der Waals surface area contributed by atoms with Gasteiger partial charge in [0.25, 0.3) is 0 Å². The first-order valence-electron chi connectivity index (χ1n) is 13.9. The summed E-state index contributed by atoms with van der Waals surface area (Å²) in [5.74, 6) is 1.78. The lowest BCUT2D eigenvalue weighted by molar-refractivity contribution is 0.669. The van der Waals surface area contributed by atoms with E-state index in [-0.39, 0.29) is 0 Å². The van der Waals surface area contributed by atoms with Crippen LogP contribution in [0.25, 0.3) is 78.1 Å². The van der Waals surface area contributed by atoms with Crippen molar-refractivity contribution >= 4 is 32.8 Å². The Kier molecular flexibility index (Phi) is 5.61. The number of pyridine rings is 1. The molecule has 8 aromatic rings. The Morgan fingerprint density at radius 1 is 0.500 bits per heavy atom. The Morgan fingerprint density at radius 2 is 1.17 bits per heavy atom. The van der Waals surface area contributed by atoms with E-state index >= 15 is 0 Å². The topological polar surface area (TPSA) is 64.7 Å². The molecule has 0 N–H and O–H groups in total. The summed E-state index contributed by atoms with van der Waals surface area (Å²) in [6.07, 6.45) is 1.87. The molecule has 0 bridgehead atoms. The first-order chi connectivity index (χ1) is 20.7. The molecule has 0 aliphatic carbocycles. The molecule has 0 saturated carbocycles. The van der Waals surface area contributed by atoms with Crippen molar-refractivity contribution in [2.24, 2.45) is 0 Å². The molecule has 5 aromatic carbocycles. The molecule has 0 aliphatic heterocycles. The summed E-state index contributed by atoms with van der Waals surface area (Å²) >= 11 is 0. The van der Waals surface area contributed by atoms with E-state index in [1.807, 2.05) is 85.1 Å². The van der Waals surface area contributed by atoms with Gasteiger partial charge in [0.2, 0.25) is 0 Å². The quantitative estimate of drug-likeness (QED) is 0.223. The number of hydrogen-bond donors (Lipinski definition) is 0. The number of benzene rings is 5. The van der Waals surface area contributed by atoms with Crippen LogP contribution in [0.2, 0.25) is 0 Å². The smallest absolute Gasteiger partial charge is 0.167 e. The standard InChI is InChI=1S/C37H24N4O/c1-23-16-17-32-29(20-23)27(18-19-38-32)26-21-30-28-14-8-9-15-33(28)42-34(30)31(22-26)37-40-35(24-10-4-2-5-11-24)39-36(41-37)25-12-6-3-7-13-25/h2-22H,1H3. The Hall–Kier alpha value is -5.68. The second kappa shape index (κ2) is 9.75. The molecule has 198 valence electrons. The first kappa shape index (κ1) is 24.1. The van der Waals surface area contributed by atoms with E-state index < -0.39 is 0 Å². The van der Waals surface area contributed by atoms with Crippen molar-refractivity contribution < 1.29 is 4.42 Å². The van der Waals surface area contributed by atoms with Gasteiger partial charge in [-0.05, 0) is 54.4 Å². The lowest BCUT2D eigenvalue weighted by Crippen LogP contribution is -2.00. The second-order valence-corrected chi connectivity index (χ2v) is 10.4. The lowest BCUT2D eigenvalue weighted by Gasteiger charge is -2.12. The number of para-hydroxylation sites is 1. The molecule has 5 nitrogen and oxygen atoms in total. The molecule has 0 atom stereocenters. The van der Waals surface area contributed by atoms with Gasteiger partial charge in [-0.25, -0.2) is 15.0 Å². The highest BCUT2D eigenvalue weighted by Crippen LogP contribution is 2.40. The van der Waals surface area contributed by atoms with E-state index in [4.69, 9.17) is 19.4 Å². The molecular weight excluding hydrogens is 516 g/mol. The van der Waals surface area contributed by atoms with Crippen molar-refractivity contribution in [1.82, 2.24) is 19.9 Å². The minimum atomic E-state index is 0.558. The highest BCUT2D eigenvalue weighted by atomic mass is 16.3. The maximum Gasteiger partial charge on any atom is 0.167 e. The molecule has 0 aliphatic rings. The number of fused-ring (bicyclic) bond motifs is 4. The van der Waals surface area contributed by atoms with E-state index in [0.717, 1.165) is 60.7 Å². The van der Waals surface area contributed by atoms with Gasteiger partial charge >= 0.3 is 0 Å². The third-order valence-corrected chi connectivity index (χ3v) is 7.63. The highest BCUT2D eigenvalue weighted by molar-refractivity contribution is 6.12. The molecule has 0 saturated heterocycles. The van der Waals surface area contributed by atoms with Crippen molar-refractivity contribution in [3.8, 4) is 45.3 Å². The fourth-order valence-corrected chi connectivity index (χ4v) is 5.59. The fourth-order valence-electron chi connectivity index (χ4n) is 5.59. The van der Waals surface area contributed by atoms with Gasteiger partial charge in [-0.3, -0.25) is 4.98 Å². The molecule has 0 spiro atoms. The Balaban J connectivity index is 1.46. The van der Waals surface area contributed by atoms with E-state index in [2.05, 4.69) is 54.4 Å². The van der Waals surface area contributed by atoms with Crippen molar-refractivity contribution in [2.45, 2.75) is 6.92 Å². The van der Waals surface area contributed by atoms with Crippen LogP contribution < -0.4 is 0 Å². The molecule has 3 aromatic heterocycles. The van der Waals surface area contributed by atoms with Crippen LogP contribution in [0.3, 0.4) is 0 Å². The zero-order valence-electron chi connectivity index (χ0n) is 22.8. The SMILES string of the molecule is Cc1ccc2nccc(-c3cc(-c4nc(-c5ccccc5)nc(-c5ccccc5)n4)c4oc5ccccc5c4c3)c2c1. The van der Waals surface area contributed by atoms with Gasteiger partial charge in [0.05, 0.1) is 11.1 Å². The van der Waals surface area contributed by atoms with Crippen molar-refractivity contribution in [1.29, 1.82) is 0 Å². The molecule has 0 radical (unpaired) electrons. The average molecular weight is 541 g/mol. The molecule has 5 heteroatoms. The third kappa shape index (κ3) is 4.11. The minimum Gasteiger partial charge on any atom is -0.455 e. The second-order valence-electron chi connectivity index (χ2n) is 10.4. The number of nitrogens with zero attached hydrogens (tertiary/aromatic N) is 4. The number of rotatable bonds is 4. The predicted octanol–water partition coefficient (Wildman–Crippen LogP) is 9.30. The fraction of sp³-hybridized carbons (Fsp3) is 0.0270. The molecule has 0 unspecified atom stereocenters. The maximum atomic E-state index is 6.51. The molecule has 0 fully saturated rings. The third-order valence-electron chi connectivity index (χ3n) is 7.63. The van der Waals surface area contributed by atoms with Gasteiger partial charge in [0, 0.05) is 33.5 Å². The zero-order valence-corrected chi connectivity index (χ0v) is 22.8. The predicted molar refractivity (Wildman–Crippen MR) is 169 cm³/mol. The highest BCUT2D eigenvalue weighted by Gasteiger charge is 2.20. The maximum absolute atomic E-state index is 6.51. The first-order valence-corrected chi connectivity index (χ1v) is 13.9. The summed E-state index contributed by atoms with van der Waals surface area (Å²) in [4.78, 5) is 19.6. The molecule has 3 heterocycles. The summed E-state index contributed by atoms with van der Waals surface area (Å²) in [6, 6.07) is 41.0. The lowest BCUT2D eigenvalue weighted by atomic mass is 9.96. The van der Waals surface area contributed by atoms with E-state index in [1.165, 1.54) is 5.56 Å². The van der Waals surface area contributed by atoms with Gasteiger partial charge < -0.3 is 4.42 Å². The Bertz CT molecular complexity index is 2200. The normalized spacial score (nSPS) is 11.5. The van der Waals surface area contributed by atoms with E-state index in [9.17, 15) is 0 Å². The summed E-state index contributed by atoms with van der Waals surface area (Å²) in [6.45, 7) is 2.11. The number of hydrogen-bond acceptors (Lipinski definition) is 5. The summed E-state index contributed by atoms with van der Waals surface area (Å²) in [7, 11) is 0. The summed E-state index contributed by atoms with van der Waals surface area (Å²) in [5.41, 5.74) is 8.51. The van der Waals surface area contributed by atoms with Crippen molar-refractivity contribution in [3.05, 3.63) is 133 Å². The number of aryl methyl sites for hydroxylation is 1. The minimum absolute atomic E-state index is 0.558. The monoisotopic (exact) mass is 540 g/mol. The molecule has 42 heavy (non-hydrogen) atoms. The molecule has 0 amide bonds. The number of aromatic nitrogens is 4. The van der Waals surface area contributed by atoms with Crippen molar-refractivity contribution in [3.63, 3.8) is 0 Å². The van der Waals surface area contributed by atoms with E-state index in [0.29, 0.717) is 17.5 Å². The van der Waals surface area contributed by atoms with Crippen LogP contribution in [0.1, 0.15) is 5.56 Å². The average Bonchev–Trinajstić information content (AvgIpc) is 3.43. The van der Waals surface area contributed by atoms with Crippen LogP contribution in [-0.4, -0.2) is 19.9 Å². The van der Waals surface area contributed by atoms with Crippen LogP contribution in [-0.2, 0) is 0 Å². The zero-order chi connectivity index (χ0) is 28.0. The van der Waals surface area contributed by atoms with Crippen LogP contribution in [0, 0.1) is 6.92 Å². The van der Waals surface area contributed by atoms with Gasteiger partial charge in [0.1, 0.15) is 11.2 Å². The van der Waals surface area contributed by atoms with Crippen LogP contribution >= 0.6 is 0 Å². The van der Waals surface area contributed by atoms with Gasteiger partial charge in [-0.2, -0.15) is 0 Å². The van der Waals surface area contributed by atoms with E-state index in [1.54, 1.807) is 0 Å². The largest absolute Gasteiger partial charge is 0.455 e. The van der Waals surface area contributed by atoms with Gasteiger partial charge in [0.15, 0.2) is 17.5 Å². The van der Waals surface area contributed by atoms with Crippen LogP contribution in [0.5, 0.6) is 0 Å². The van der Waals surface area contributed by atoms with Crippen LogP contribution in [0.4, 0.5) is 0 Å². The van der Waals surface area contributed by atoms with Crippen LogP contribution in [0.15, 0.2) is 132 Å². The molecule has 8 rings (SSSR count).